The molecule has 0 atom stereocenters. The van der Waals surface area contributed by atoms with Gasteiger partial charge in [0.25, 0.3) is 20.0 Å². The Kier molecular flexibility index (Phi) is 5.18. The van der Waals surface area contributed by atoms with Crippen LogP contribution >= 0.6 is 0 Å². The maximum Gasteiger partial charge on any atom is 0.264 e. The first-order valence-corrected chi connectivity index (χ1v) is 11.6. The molecule has 0 fully saturated rings. The second-order valence-corrected chi connectivity index (χ2v) is 9.48. The maximum atomic E-state index is 12.7. The van der Waals surface area contributed by atoms with Crippen molar-refractivity contribution in [3.63, 3.8) is 0 Å². The number of nitrogens with zero attached hydrogens (tertiary/aromatic N) is 2. The van der Waals surface area contributed by atoms with Crippen LogP contribution in [0.15, 0.2) is 70.7 Å². The van der Waals surface area contributed by atoms with Crippen LogP contribution in [0.3, 0.4) is 0 Å². The van der Waals surface area contributed by atoms with Gasteiger partial charge in [-0.3, -0.25) is 4.72 Å². The number of hydrogen-bond donors (Lipinski definition) is 2. The van der Waals surface area contributed by atoms with E-state index in [1.165, 1.54) is 54.9 Å². The third-order valence-corrected chi connectivity index (χ3v) is 6.76. The van der Waals surface area contributed by atoms with Gasteiger partial charge in [-0.15, -0.1) is 0 Å². The van der Waals surface area contributed by atoms with Crippen molar-refractivity contribution in [1.29, 1.82) is 0 Å². The lowest BCUT2D eigenvalue weighted by atomic mass is 10.3. The van der Waals surface area contributed by atoms with E-state index in [-0.39, 0.29) is 21.4 Å². The standard InChI is InChI=1S/C18H16N4O6S2/c23-29(24,22-18-19-8-1-9-20-18)14-4-2-13(3-5-14)21-30(25,26)15-6-7-16-17(12-15)28-11-10-27-16/h1-9,12,21H,10-11H2,(H,19,20,22). The number of anilines is 2. The minimum Gasteiger partial charge on any atom is -0.486 e. The fraction of sp³-hybridized carbons (Fsp3) is 0.111. The molecule has 4 rings (SSSR count). The zero-order valence-electron chi connectivity index (χ0n) is 15.3. The van der Waals surface area contributed by atoms with Crippen molar-refractivity contribution < 1.29 is 26.3 Å². The van der Waals surface area contributed by atoms with Crippen molar-refractivity contribution >= 4 is 31.7 Å². The molecule has 0 radical (unpaired) electrons. The SMILES string of the molecule is O=S(=O)(Nc1ccc(S(=O)(=O)Nc2ncccn2)cc1)c1ccc2c(c1)OCCO2. The Labute approximate surface area is 173 Å². The van der Waals surface area contributed by atoms with E-state index in [0.717, 1.165) is 0 Å². The zero-order valence-corrected chi connectivity index (χ0v) is 17.0. The highest BCUT2D eigenvalue weighted by atomic mass is 32.2. The number of aromatic nitrogens is 2. The Morgan fingerprint density at radius 3 is 2.03 bits per heavy atom. The van der Waals surface area contributed by atoms with Crippen LogP contribution in [0.1, 0.15) is 0 Å². The van der Waals surface area contributed by atoms with Gasteiger partial charge in [-0.25, -0.2) is 31.5 Å². The molecule has 30 heavy (non-hydrogen) atoms. The number of nitrogens with one attached hydrogen (secondary N) is 2. The predicted molar refractivity (Wildman–Crippen MR) is 108 cm³/mol. The number of rotatable bonds is 6. The van der Waals surface area contributed by atoms with Gasteiger partial charge < -0.3 is 9.47 Å². The molecule has 1 aromatic heterocycles. The van der Waals surface area contributed by atoms with E-state index >= 15 is 0 Å². The molecular weight excluding hydrogens is 432 g/mol. The van der Waals surface area contributed by atoms with Crippen molar-refractivity contribution in [3.05, 3.63) is 60.9 Å². The van der Waals surface area contributed by atoms with Gasteiger partial charge in [0.05, 0.1) is 9.79 Å². The Morgan fingerprint density at radius 1 is 0.733 bits per heavy atom. The van der Waals surface area contributed by atoms with E-state index in [2.05, 4.69) is 19.4 Å². The second kappa shape index (κ2) is 7.80. The Hall–Kier alpha value is -3.38. The average Bonchev–Trinajstić information content (AvgIpc) is 2.74. The summed E-state index contributed by atoms with van der Waals surface area (Å²) in [6.45, 7) is 0.736. The summed E-state index contributed by atoms with van der Waals surface area (Å²) >= 11 is 0. The molecule has 1 aliphatic rings. The lowest BCUT2D eigenvalue weighted by molar-refractivity contribution is 0.171. The summed E-state index contributed by atoms with van der Waals surface area (Å²) in [5.74, 6) is 0.755. The third-order valence-electron chi connectivity index (χ3n) is 4.03. The molecule has 156 valence electrons. The minimum absolute atomic E-state index is 0.00802. The summed E-state index contributed by atoms with van der Waals surface area (Å²) in [5.41, 5.74) is 0.194. The van der Waals surface area contributed by atoms with Gasteiger partial charge in [-0.2, -0.15) is 0 Å². The molecule has 0 amide bonds. The molecule has 3 aromatic rings. The highest BCUT2D eigenvalue weighted by Crippen LogP contribution is 2.32. The minimum atomic E-state index is -3.92. The molecule has 10 nitrogen and oxygen atoms in total. The lowest BCUT2D eigenvalue weighted by Crippen LogP contribution is -2.17. The summed E-state index contributed by atoms with van der Waals surface area (Å²) in [5, 5.41) is 0. The van der Waals surface area contributed by atoms with Crippen LogP contribution in [0, 0.1) is 0 Å². The van der Waals surface area contributed by atoms with Crippen LogP contribution in [0.25, 0.3) is 0 Å². The quantitative estimate of drug-likeness (QED) is 0.583. The number of fused-ring (bicyclic) bond motifs is 1. The van der Waals surface area contributed by atoms with Crippen molar-refractivity contribution in [2.45, 2.75) is 9.79 Å². The normalized spacial score (nSPS) is 13.5. The molecule has 0 bridgehead atoms. The fourth-order valence-corrected chi connectivity index (χ4v) is 4.67. The molecule has 0 spiro atoms. The Morgan fingerprint density at radius 2 is 1.33 bits per heavy atom. The van der Waals surface area contributed by atoms with Crippen LogP contribution in [0.4, 0.5) is 11.6 Å². The van der Waals surface area contributed by atoms with Gasteiger partial charge in [0.2, 0.25) is 5.95 Å². The molecule has 2 N–H and O–H groups in total. The second-order valence-electron chi connectivity index (χ2n) is 6.11. The van der Waals surface area contributed by atoms with E-state index in [1.807, 2.05) is 0 Å². The number of hydrogen-bond acceptors (Lipinski definition) is 8. The first-order chi connectivity index (χ1) is 14.3. The summed E-state index contributed by atoms with van der Waals surface area (Å²) in [7, 11) is -7.83. The summed E-state index contributed by atoms with van der Waals surface area (Å²) < 4.78 is 65.6. The summed E-state index contributed by atoms with van der Waals surface area (Å²) in [6.07, 6.45) is 2.81. The van der Waals surface area contributed by atoms with E-state index in [0.29, 0.717) is 24.7 Å². The first kappa shape index (κ1) is 19.9. The van der Waals surface area contributed by atoms with Crippen LogP contribution in [0.5, 0.6) is 11.5 Å². The highest BCUT2D eigenvalue weighted by molar-refractivity contribution is 7.93. The van der Waals surface area contributed by atoms with E-state index in [1.54, 1.807) is 6.07 Å². The van der Waals surface area contributed by atoms with E-state index in [4.69, 9.17) is 9.47 Å². The zero-order chi connectivity index (χ0) is 21.2. The maximum absolute atomic E-state index is 12.7. The average molecular weight is 448 g/mol. The van der Waals surface area contributed by atoms with Gasteiger partial charge >= 0.3 is 0 Å². The van der Waals surface area contributed by atoms with Crippen molar-refractivity contribution in [3.8, 4) is 11.5 Å². The van der Waals surface area contributed by atoms with Gasteiger partial charge in [0.1, 0.15) is 13.2 Å². The van der Waals surface area contributed by atoms with Crippen LogP contribution in [-0.2, 0) is 20.0 Å². The monoisotopic (exact) mass is 448 g/mol. The van der Waals surface area contributed by atoms with Crippen LogP contribution < -0.4 is 18.9 Å². The van der Waals surface area contributed by atoms with Crippen molar-refractivity contribution in [2.24, 2.45) is 0 Å². The number of sulfonamides is 2. The van der Waals surface area contributed by atoms with Crippen molar-refractivity contribution in [1.82, 2.24) is 9.97 Å². The smallest absolute Gasteiger partial charge is 0.264 e. The molecule has 2 heterocycles. The summed E-state index contributed by atoms with van der Waals surface area (Å²) in [6, 6.07) is 11.1. The Bertz CT molecular complexity index is 1260. The largest absolute Gasteiger partial charge is 0.486 e. The fourth-order valence-electron chi connectivity index (χ4n) is 2.64. The molecular formula is C18H16N4O6S2. The van der Waals surface area contributed by atoms with Gasteiger partial charge in [-0.05, 0) is 42.5 Å². The van der Waals surface area contributed by atoms with Gasteiger partial charge in [0, 0.05) is 24.1 Å². The van der Waals surface area contributed by atoms with Gasteiger partial charge in [-0.1, -0.05) is 0 Å². The van der Waals surface area contributed by atoms with Crippen molar-refractivity contribution in [2.75, 3.05) is 22.7 Å². The molecule has 0 aliphatic carbocycles. The lowest BCUT2D eigenvalue weighted by Gasteiger charge is -2.19. The molecule has 0 unspecified atom stereocenters. The first-order valence-electron chi connectivity index (χ1n) is 8.66. The third kappa shape index (κ3) is 4.28. The van der Waals surface area contributed by atoms with Crippen LogP contribution in [0.2, 0.25) is 0 Å². The van der Waals surface area contributed by atoms with Gasteiger partial charge in [0.15, 0.2) is 11.5 Å². The van der Waals surface area contributed by atoms with E-state index < -0.39 is 20.0 Å². The Balaban J connectivity index is 1.51. The molecule has 0 saturated carbocycles. The molecule has 0 saturated heterocycles. The topological polar surface area (TPSA) is 137 Å². The number of ether oxygens (including phenoxy) is 2. The molecule has 12 heteroatoms. The molecule has 1 aliphatic heterocycles. The number of benzene rings is 2. The predicted octanol–water partition coefficient (Wildman–Crippen LogP) is 1.85. The molecule has 2 aromatic carbocycles. The summed E-state index contributed by atoms with van der Waals surface area (Å²) in [4.78, 5) is 7.53. The van der Waals surface area contributed by atoms with E-state index in [9.17, 15) is 16.8 Å². The van der Waals surface area contributed by atoms with Crippen LogP contribution in [-0.4, -0.2) is 40.0 Å². The highest BCUT2D eigenvalue weighted by Gasteiger charge is 2.20.